The van der Waals surface area contributed by atoms with Crippen LogP contribution in [0.25, 0.3) is 27.5 Å². The molecule has 59 heavy (non-hydrogen) atoms. The van der Waals surface area contributed by atoms with E-state index in [-0.39, 0.29) is 41.8 Å². The number of aromatic nitrogens is 2. The number of phenolic OH excluding ortho intramolecular Hbond substituents is 1. The average molecular weight is 810 g/mol. The first kappa shape index (κ1) is 43.4. The second kappa shape index (κ2) is 18.0. The lowest BCUT2D eigenvalue weighted by Gasteiger charge is -2.37. The van der Waals surface area contributed by atoms with Gasteiger partial charge in [-0.2, -0.15) is 9.97 Å². The average Bonchev–Trinajstić information content (AvgIpc) is 3.43. The largest absolute Gasteiger partial charge is 0.508 e. The van der Waals surface area contributed by atoms with E-state index in [1.165, 1.54) is 11.0 Å². The Morgan fingerprint density at radius 1 is 1.20 bits per heavy atom. The predicted octanol–water partition coefficient (Wildman–Crippen LogP) is 9.45. The number of fused-ring (bicyclic) bond motifs is 3. The molecule has 3 aliphatic rings. The third-order valence-corrected chi connectivity index (χ3v) is 11.7. The summed E-state index contributed by atoms with van der Waals surface area (Å²) in [6.45, 7) is 15.7. The van der Waals surface area contributed by atoms with Gasteiger partial charge < -0.3 is 25.4 Å². The van der Waals surface area contributed by atoms with Gasteiger partial charge in [-0.15, -0.1) is 0 Å². The molecule has 0 saturated carbocycles. The first-order chi connectivity index (χ1) is 28.1. The number of carbonyl (C=O) groups is 1. The van der Waals surface area contributed by atoms with Crippen LogP contribution >= 0.6 is 0 Å². The summed E-state index contributed by atoms with van der Waals surface area (Å²) in [6.07, 6.45) is 7.97. The minimum Gasteiger partial charge on any atom is -0.508 e. The van der Waals surface area contributed by atoms with Crippen molar-refractivity contribution in [2.24, 2.45) is 21.1 Å². The van der Waals surface area contributed by atoms with Crippen LogP contribution in [0.2, 0.25) is 0 Å². The predicted molar refractivity (Wildman–Crippen MR) is 237 cm³/mol. The summed E-state index contributed by atoms with van der Waals surface area (Å²) in [4.78, 5) is 36.9. The topological polar surface area (TPSA) is 130 Å². The first-order valence-electron chi connectivity index (χ1n) is 21.2. The maximum atomic E-state index is 16.3. The molecule has 316 valence electrons. The SMILES string of the molecule is C/C=C1\C(=NC(C)C)C2=C(c3nc(OCC(C)(CCCCC)CC(F)CC)nc(N4CCCN=C(/C=C(\N)C(=O)N(C)C)C4)c31)C(C)c1c(F)ccc3cc(O)cc2c13. The lowest BCUT2D eigenvalue weighted by atomic mass is 9.69. The zero-order valence-corrected chi connectivity index (χ0v) is 36.3. The highest BCUT2D eigenvalue weighted by atomic mass is 19.1. The molecule has 1 aromatic heterocycles. The van der Waals surface area contributed by atoms with Crippen molar-refractivity contribution in [3.05, 3.63) is 70.3 Å². The number of aliphatic imine (C=N–C) groups is 2. The van der Waals surface area contributed by atoms with E-state index in [0.717, 1.165) is 58.7 Å². The highest BCUT2D eigenvalue weighted by Gasteiger charge is 2.42. The molecule has 3 aromatic rings. The number of ether oxygens (including phenoxy) is 1. The van der Waals surface area contributed by atoms with E-state index < -0.39 is 17.5 Å². The molecular weight excluding hydrogens is 749 g/mol. The summed E-state index contributed by atoms with van der Waals surface area (Å²) in [5, 5.41) is 12.6. The molecule has 6 rings (SSSR count). The second-order valence-corrected chi connectivity index (χ2v) is 17.1. The van der Waals surface area contributed by atoms with Crippen LogP contribution in [0.4, 0.5) is 14.6 Å². The number of nitrogens with two attached hydrogens (primary N) is 1. The fourth-order valence-electron chi connectivity index (χ4n) is 8.78. The molecule has 2 heterocycles. The molecule has 0 radical (unpaired) electrons. The number of likely N-dealkylation sites (N-methyl/N-ethyl adjacent to an activating group) is 1. The van der Waals surface area contributed by atoms with E-state index in [0.29, 0.717) is 73.0 Å². The van der Waals surface area contributed by atoms with Crippen LogP contribution in [0.1, 0.15) is 122 Å². The number of aromatic hydroxyl groups is 1. The number of hydrogen-bond donors (Lipinski definition) is 2. The molecule has 2 aromatic carbocycles. The Morgan fingerprint density at radius 2 is 1.97 bits per heavy atom. The van der Waals surface area contributed by atoms with Gasteiger partial charge in [-0.1, -0.05) is 59.1 Å². The molecule has 0 fully saturated rings. The highest BCUT2D eigenvalue weighted by Crippen LogP contribution is 2.55. The number of amides is 1. The van der Waals surface area contributed by atoms with Crippen LogP contribution in [-0.2, 0) is 4.79 Å². The van der Waals surface area contributed by atoms with E-state index in [1.54, 1.807) is 38.4 Å². The number of phenols is 1. The van der Waals surface area contributed by atoms with Crippen molar-refractivity contribution in [2.45, 2.75) is 112 Å². The number of benzene rings is 2. The van der Waals surface area contributed by atoms with Gasteiger partial charge in [0, 0.05) is 61.3 Å². The zero-order valence-electron chi connectivity index (χ0n) is 36.3. The summed E-state index contributed by atoms with van der Waals surface area (Å²) >= 11 is 0. The smallest absolute Gasteiger partial charge is 0.318 e. The summed E-state index contributed by atoms with van der Waals surface area (Å²) in [5.41, 5.74) is 12.1. The molecule has 12 heteroatoms. The van der Waals surface area contributed by atoms with Gasteiger partial charge in [-0.3, -0.25) is 14.8 Å². The summed E-state index contributed by atoms with van der Waals surface area (Å²) < 4.78 is 38.1. The second-order valence-electron chi connectivity index (χ2n) is 17.1. The van der Waals surface area contributed by atoms with Gasteiger partial charge in [-0.25, -0.2) is 8.78 Å². The Hall–Kier alpha value is -5.13. The normalized spacial score (nSPS) is 19.7. The quantitative estimate of drug-likeness (QED) is 0.123. The third kappa shape index (κ3) is 8.92. The lowest BCUT2D eigenvalue weighted by Crippen LogP contribution is -2.34. The standard InChI is InChI=1S/C47H61F2N7O3/c1-10-13-14-18-47(7,24-30(48)11-2)26-59-46-53-43-38-28(6)37-35(49)17-16-29-21-32(57)23-34(39(29)37)40(38)42(52-27(4)5)33(12-3)41(43)44(54-46)56-20-15-19-51-31(25-56)22-36(50)45(58)55(8)9/h12,16-17,21-23,27-28,30,57H,10-11,13-15,18-20,24-26,50H2,1-9H3/b33-12-,36-22-,52-42?. The molecule has 0 spiro atoms. The van der Waals surface area contributed by atoms with E-state index >= 15 is 8.78 Å². The minimum atomic E-state index is -0.972. The number of alkyl halides is 1. The molecule has 3 atom stereocenters. The molecule has 10 nitrogen and oxygen atoms in total. The van der Waals surface area contributed by atoms with E-state index in [4.69, 9.17) is 30.4 Å². The molecular formula is C47H61F2N7O3. The summed E-state index contributed by atoms with van der Waals surface area (Å²) in [5.74, 6) is -0.497. The van der Waals surface area contributed by atoms with Crippen molar-refractivity contribution < 1.29 is 23.4 Å². The van der Waals surface area contributed by atoms with E-state index in [1.807, 2.05) is 40.7 Å². The molecule has 2 aliphatic carbocycles. The Morgan fingerprint density at radius 3 is 2.64 bits per heavy atom. The number of allylic oxidation sites excluding steroid dienone is 4. The van der Waals surface area contributed by atoms with Crippen molar-refractivity contribution in [1.29, 1.82) is 0 Å². The van der Waals surface area contributed by atoms with Gasteiger partial charge in [-0.05, 0) is 92.6 Å². The van der Waals surface area contributed by atoms with Crippen molar-refractivity contribution in [3.63, 3.8) is 0 Å². The maximum absolute atomic E-state index is 16.3. The van der Waals surface area contributed by atoms with Crippen molar-refractivity contribution in [3.8, 4) is 11.8 Å². The fourth-order valence-corrected chi connectivity index (χ4v) is 8.78. The Balaban J connectivity index is 1.62. The molecule has 1 aliphatic heterocycles. The van der Waals surface area contributed by atoms with Gasteiger partial charge >= 0.3 is 6.01 Å². The summed E-state index contributed by atoms with van der Waals surface area (Å²) in [6, 6.07) is 6.55. The number of anilines is 1. The number of nitrogens with zero attached hydrogens (tertiary/aromatic N) is 6. The molecule has 3 N–H and O–H groups in total. The Bertz CT molecular complexity index is 2260. The first-order valence-corrected chi connectivity index (χ1v) is 21.2. The van der Waals surface area contributed by atoms with Crippen LogP contribution < -0.4 is 15.4 Å². The van der Waals surface area contributed by atoms with Crippen LogP contribution in [0.3, 0.4) is 0 Å². The molecule has 0 bridgehead atoms. The van der Waals surface area contributed by atoms with Crippen molar-refractivity contribution in [1.82, 2.24) is 14.9 Å². The van der Waals surface area contributed by atoms with E-state index in [2.05, 4.69) is 18.7 Å². The highest BCUT2D eigenvalue weighted by molar-refractivity contribution is 6.52. The van der Waals surface area contributed by atoms with E-state index in [9.17, 15) is 9.90 Å². The number of carbonyl (C=O) groups excluding carboxylic acids is 1. The van der Waals surface area contributed by atoms with Gasteiger partial charge in [0.1, 0.15) is 23.6 Å². The van der Waals surface area contributed by atoms with Crippen LogP contribution in [-0.4, -0.2) is 89.9 Å². The van der Waals surface area contributed by atoms with Gasteiger partial charge in [0.05, 0.1) is 41.5 Å². The minimum absolute atomic E-state index is 0.0626. The van der Waals surface area contributed by atoms with Gasteiger partial charge in [0.25, 0.3) is 5.91 Å². The number of rotatable bonds is 14. The zero-order chi connectivity index (χ0) is 42.8. The van der Waals surface area contributed by atoms with Gasteiger partial charge in [0.15, 0.2) is 0 Å². The number of unbranched alkanes of at least 4 members (excludes halogenated alkanes) is 2. The number of halogens is 2. The molecule has 0 saturated heterocycles. The number of hydrogen-bond acceptors (Lipinski definition) is 9. The van der Waals surface area contributed by atoms with Gasteiger partial charge in [0.2, 0.25) is 0 Å². The third-order valence-electron chi connectivity index (χ3n) is 11.7. The molecule has 3 unspecified atom stereocenters. The molecule has 1 amide bonds. The van der Waals surface area contributed by atoms with Crippen molar-refractivity contribution in [2.75, 3.05) is 45.2 Å². The lowest BCUT2D eigenvalue weighted by molar-refractivity contribution is -0.124. The summed E-state index contributed by atoms with van der Waals surface area (Å²) in [7, 11) is 3.31. The van der Waals surface area contributed by atoms with Crippen LogP contribution in [0.5, 0.6) is 11.8 Å². The fraction of sp³-hybridized carbons (Fsp3) is 0.511. The Kier molecular flexibility index (Phi) is 13.3. The van der Waals surface area contributed by atoms with Crippen LogP contribution in [0, 0.1) is 11.2 Å². The van der Waals surface area contributed by atoms with Crippen molar-refractivity contribution >= 4 is 50.6 Å². The monoisotopic (exact) mass is 809 g/mol. The van der Waals surface area contributed by atoms with Crippen LogP contribution in [0.15, 0.2) is 52.1 Å². The Labute approximate surface area is 348 Å². The maximum Gasteiger partial charge on any atom is 0.318 e.